The summed E-state index contributed by atoms with van der Waals surface area (Å²) in [4.78, 5) is 4.84. The zero-order chi connectivity index (χ0) is 12.6. The second-order valence-corrected chi connectivity index (χ2v) is 10.7. The lowest BCUT2D eigenvalue weighted by Crippen LogP contribution is -2.52. The van der Waals surface area contributed by atoms with Crippen molar-refractivity contribution in [2.45, 2.75) is 13.1 Å². The van der Waals surface area contributed by atoms with Gasteiger partial charge in [-0.15, -0.1) is 11.3 Å². The fraction of sp³-hybridized carbons (Fsp3) is 0.133. The summed E-state index contributed by atoms with van der Waals surface area (Å²) in [5, 5.41) is 1.45. The van der Waals surface area contributed by atoms with Crippen molar-refractivity contribution >= 4 is 39.4 Å². The summed E-state index contributed by atoms with van der Waals surface area (Å²) in [7, 11) is -1.63. The smallest absolute Gasteiger partial charge is 0.148 e. The van der Waals surface area contributed by atoms with Crippen LogP contribution in [0.5, 0.6) is 0 Å². The van der Waals surface area contributed by atoms with E-state index in [9.17, 15) is 0 Å². The minimum Gasteiger partial charge on any atom is -0.246 e. The minimum absolute atomic E-state index is 1.13. The predicted octanol–water partition coefficient (Wildman–Crippen LogP) is 3.12. The van der Waals surface area contributed by atoms with Crippen LogP contribution in [0.15, 0.2) is 54.6 Å². The first-order chi connectivity index (χ1) is 8.68. The van der Waals surface area contributed by atoms with E-state index >= 15 is 0 Å². The Bertz CT molecular complexity index is 640. The predicted molar refractivity (Wildman–Crippen MR) is 82.8 cm³/mol. The molecule has 0 saturated carbocycles. The summed E-state index contributed by atoms with van der Waals surface area (Å²) in [6.07, 6.45) is 0. The number of nitrogens with zero attached hydrogens (tertiary/aromatic N) is 1. The third-order valence-corrected chi connectivity index (χ3v) is 8.97. The highest BCUT2D eigenvalue weighted by Gasteiger charge is 2.29. The Hall–Kier alpha value is -1.45. The minimum atomic E-state index is -1.63. The lowest BCUT2D eigenvalue weighted by Gasteiger charge is -2.19. The molecular formula is C15H15NSSi. The Labute approximate surface area is 112 Å². The Morgan fingerprint density at radius 1 is 0.889 bits per heavy atom. The van der Waals surface area contributed by atoms with Gasteiger partial charge in [0.15, 0.2) is 0 Å². The Morgan fingerprint density at radius 3 is 2.28 bits per heavy atom. The number of hydrogen-bond acceptors (Lipinski definition) is 2. The largest absolute Gasteiger partial charge is 0.246 e. The van der Waals surface area contributed by atoms with Gasteiger partial charge in [-0.05, 0) is 12.1 Å². The van der Waals surface area contributed by atoms with Crippen molar-refractivity contribution < 1.29 is 0 Å². The maximum atomic E-state index is 4.84. The van der Waals surface area contributed by atoms with Gasteiger partial charge >= 0.3 is 0 Å². The Morgan fingerprint density at radius 2 is 1.56 bits per heavy atom. The summed E-state index contributed by atoms with van der Waals surface area (Å²) in [5.74, 6) is 0. The molecule has 90 valence electrons. The fourth-order valence-electron chi connectivity index (χ4n) is 2.12. The molecular weight excluding hydrogens is 254 g/mol. The lowest BCUT2D eigenvalue weighted by molar-refractivity contribution is 1.52. The topological polar surface area (TPSA) is 12.9 Å². The molecule has 2 aromatic carbocycles. The van der Waals surface area contributed by atoms with Gasteiger partial charge in [0.25, 0.3) is 0 Å². The average molecular weight is 269 g/mol. The highest BCUT2D eigenvalue weighted by atomic mass is 32.1. The first-order valence-corrected chi connectivity index (χ1v) is 9.91. The molecule has 1 heterocycles. The summed E-state index contributed by atoms with van der Waals surface area (Å²) in [6.45, 7) is 4.75. The number of thiazole rings is 1. The number of hydrogen-bond donors (Lipinski definition) is 0. The van der Waals surface area contributed by atoms with E-state index in [1.54, 1.807) is 0 Å². The van der Waals surface area contributed by atoms with Crippen molar-refractivity contribution in [2.75, 3.05) is 0 Å². The van der Waals surface area contributed by atoms with Crippen molar-refractivity contribution in [1.29, 1.82) is 0 Å². The first-order valence-electron chi connectivity index (χ1n) is 6.09. The number of para-hydroxylation sites is 1. The quantitative estimate of drug-likeness (QED) is 0.651. The molecule has 0 aliphatic rings. The average Bonchev–Trinajstić information content (AvgIpc) is 2.84. The van der Waals surface area contributed by atoms with Crippen LogP contribution in [0, 0.1) is 0 Å². The van der Waals surface area contributed by atoms with Gasteiger partial charge in [0.1, 0.15) is 8.07 Å². The second-order valence-electron chi connectivity index (χ2n) is 4.98. The summed E-state index contributed by atoms with van der Waals surface area (Å²) < 4.78 is 2.61. The van der Waals surface area contributed by atoms with Crippen LogP contribution in [0.25, 0.3) is 10.2 Å². The van der Waals surface area contributed by atoms with Crippen LogP contribution in [0.2, 0.25) is 13.1 Å². The van der Waals surface area contributed by atoms with Crippen LogP contribution in [-0.2, 0) is 0 Å². The number of fused-ring (bicyclic) bond motifs is 1. The Balaban J connectivity index is 2.13. The van der Waals surface area contributed by atoms with Crippen LogP contribution < -0.4 is 9.82 Å². The van der Waals surface area contributed by atoms with Gasteiger partial charge < -0.3 is 0 Å². The third-order valence-electron chi connectivity index (χ3n) is 3.32. The molecule has 0 amide bonds. The van der Waals surface area contributed by atoms with Crippen molar-refractivity contribution in [1.82, 2.24) is 4.98 Å². The van der Waals surface area contributed by atoms with Crippen molar-refractivity contribution in [3.8, 4) is 0 Å². The molecule has 0 saturated heterocycles. The highest BCUT2D eigenvalue weighted by molar-refractivity contribution is 7.32. The second kappa shape index (κ2) is 4.34. The highest BCUT2D eigenvalue weighted by Crippen LogP contribution is 2.18. The molecule has 0 aliphatic heterocycles. The maximum absolute atomic E-state index is 4.84. The van der Waals surface area contributed by atoms with Crippen LogP contribution in [0.1, 0.15) is 0 Å². The number of rotatable bonds is 2. The molecule has 1 aromatic heterocycles. The van der Waals surface area contributed by atoms with Crippen LogP contribution >= 0.6 is 11.3 Å². The molecule has 0 spiro atoms. The monoisotopic (exact) mass is 269 g/mol. The van der Waals surface area contributed by atoms with E-state index in [2.05, 4.69) is 67.7 Å². The van der Waals surface area contributed by atoms with E-state index in [4.69, 9.17) is 4.98 Å². The molecule has 3 rings (SSSR count). The van der Waals surface area contributed by atoms with Crippen molar-refractivity contribution in [2.24, 2.45) is 0 Å². The molecule has 0 unspecified atom stereocenters. The van der Waals surface area contributed by atoms with E-state index in [0.29, 0.717) is 0 Å². The van der Waals surface area contributed by atoms with Gasteiger partial charge in [-0.25, -0.2) is 4.98 Å². The molecule has 3 heteroatoms. The SMILES string of the molecule is C[Si](C)(c1ccccc1)c1nc2ccccc2s1. The summed E-state index contributed by atoms with van der Waals surface area (Å²) in [5.41, 5.74) is 1.13. The van der Waals surface area contributed by atoms with Crippen molar-refractivity contribution in [3.63, 3.8) is 0 Å². The summed E-state index contributed by atoms with van der Waals surface area (Å²) >= 11 is 1.85. The van der Waals surface area contributed by atoms with Gasteiger partial charge in [-0.3, -0.25) is 0 Å². The number of benzene rings is 2. The van der Waals surface area contributed by atoms with Crippen LogP contribution in [0.3, 0.4) is 0 Å². The molecule has 1 nitrogen and oxygen atoms in total. The fourth-order valence-corrected chi connectivity index (χ4v) is 6.21. The lowest BCUT2D eigenvalue weighted by atomic mass is 10.3. The molecule has 3 aromatic rings. The van der Waals surface area contributed by atoms with Gasteiger partial charge in [-0.1, -0.05) is 60.7 Å². The molecule has 0 bridgehead atoms. The molecule has 0 aliphatic carbocycles. The van der Waals surface area contributed by atoms with Gasteiger partial charge in [0.05, 0.1) is 14.8 Å². The first kappa shape index (κ1) is 11.6. The molecule has 0 fully saturated rings. The molecule has 0 N–H and O–H groups in total. The third kappa shape index (κ3) is 1.89. The maximum Gasteiger partial charge on any atom is 0.148 e. The van der Waals surface area contributed by atoms with E-state index in [1.165, 1.54) is 14.5 Å². The zero-order valence-electron chi connectivity index (χ0n) is 10.6. The van der Waals surface area contributed by atoms with Gasteiger partial charge in [0.2, 0.25) is 0 Å². The number of aromatic nitrogens is 1. The van der Waals surface area contributed by atoms with E-state index in [1.807, 2.05) is 11.3 Å². The van der Waals surface area contributed by atoms with E-state index < -0.39 is 8.07 Å². The van der Waals surface area contributed by atoms with E-state index in [-0.39, 0.29) is 0 Å². The van der Waals surface area contributed by atoms with Gasteiger partial charge in [0, 0.05) is 0 Å². The summed E-state index contributed by atoms with van der Waals surface area (Å²) in [6, 6.07) is 19.2. The zero-order valence-corrected chi connectivity index (χ0v) is 12.4. The van der Waals surface area contributed by atoms with Crippen molar-refractivity contribution in [3.05, 3.63) is 54.6 Å². The standard InChI is InChI=1S/C15H15NSSi/c1-18(2,12-8-4-3-5-9-12)15-16-13-10-6-7-11-14(13)17-15/h3-11H,1-2H3. The molecule has 18 heavy (non-hydrogen) atoms. The van der Waals surface area contributed by atoms with Gasteiger partial charge in [-0.2, -0.15) is 0 Å². The molecule has 0 radical (unpaired) electrons. The molecule has 0 atom stereocenters. The normalized spacial score (nSPS) is 11.9. The van der Waals surface area contributed by atoms with Crippen LogP contribution in [0.4, 0.5) is 0 Å². The van der Waals surface area contributed by atoms with E-state index in [0.717, 1.165) is 5.52 Å². The van der Waals surface area contributed by atoms with Crippen LogP contribution in [-0.4, -0.2) is 13.1 Å². The Kier molecular flexibility index (Phi) is 2.80.